The van der Waals surface area contributed by atoms with Gasteiger partial charge < -0.3 is 4.90 Å². The summed E-state index contributed by atoms with van der Waals surface area (Å²) in [5.74, 6) is 0. The molecule has 69 valence electrons. The van der Waals surface area contributed by atoms with Gasteiger partial charge in [0.1, 0.15) is 0 Å². The minimum Gasteiger partial charge on any atom is -0.305 e. The van der Waals surface area contributed by atoms with E-state index in [1.165, 1.54) is 5.56 Å². The summed E-state index contributed by atoms with van der Waals surface area (Å²) in [4.78, 5) is 12.4. The molecule has 13 heavy (non-hydrogen) atoms. The summed E-state index contributed by atoms with van der Waals surface area (Å²) in [6.07, 6.45) is 2.32. The standard InChI is InChI=1S/C11H14NO/c1-12(2)9-11-6-4-3-5-10(11)7-8-13/h3-6H,7,9H2,1-2H3. The third-order valence-corrected chi connectivity index (χ3v) is 1.87. The lowest BCUT2D eigenvalue weighted by Crippen LogP contribution is -2.12. The van der Waals surface area contributed by atoms with Crippen LogP contribution in [-0.2, 0) is 17.8 Å². The third kappa shape index (κ3) is 2.99. The fourth-order valence-electron chi connectivity index (χ4n) is 1.30. The van der Waals surface area contributed by atoms with Crippen LogP contribution in [0.5, 0.6) is 0 Å². The molecule has 0 atom stereocenters. The Morgan fingerprint density at radius 1 is 1.23 bits per heavy atom. The molecule has 0 bridgehead atoms. The van der Waals surface area contributed by atoms with E-state index in [1.54, 1.807) is 0 Å². The maximum atomic E-state index is 10.3. The van der Waals surface area contributed by atoms with Crippen molar-refractivity contribution in [3.05, 3.63) is 35.4 Å². The first kappa shape index (κ1) is 9.93. The summed E-state index contributed by atoms with van der Waals surface area (Å²) < 4.78 is 0. The Balaban J connectivity index is 2.83. The van der Waals surface area contributed by atoms with Gasteiger partial charge in [-0.25, -0.2) is 0 Å². The lowest BCUT2D eigenvalue weighted by molar-refractivity contribution is 0.401. The molecule has 0 aromatic heterocycles. The Labute approximate surface area is 79.2 Å². The Morgan fingerprint density at radius 3 is 2.38 bits per heavy atom. The van der Waals surface area contributed by atoms with Gasteiger partial charge in [0.25, 0.3) is 0 Å². The molecule has 0 unspecified atom stereocenters. The van der Waals surface area contributed by atoms with E-state index in [-0.39, 0.29) is 0 Å². The highest BCUT2D eigenvalue weighted by Crippen LogP contribution is 2.10. The van der Waals surface area contributed by atoms with E-state index in [4.69, 9.17) is 0 Å². The second-order valence-electron chi connectivity index (χ2n) is 3.33. The van der Waals surface area contributed by atoms with Crippen molar-refractivity contribution < 1.29 is 4.79 Å². The number of hydrogen-bond donors (Lipinski definition) is 0. The van der Waals surface area contributed by atoms with Crippen LogP contribution in [0, 0.1) is 0 Å². The Bertz CT molecular complexity index is 281. The molecule has 0 spiro atoms. The van der Waals surface area contributed by atoms with Gasteiger partial charge in [-0.2, -0.15) is 0 Å². The van der Waals surface area contributed by atoms with Gasteiger partial charge in [-0.3, -0.25) is 4.79 Å². The normalized spacial score (nSPS) is 10.4. The minimum absolute atomic E-state index is 0.393. The van der Waals surface area contributed by atoms with Crippen molar-refractivity contribution in [2.75, 3.05) is 14.1 Å². The van der Waals surface area contributed by atoms with Crippen molar-refractivity contribution in [2.45, 2.75) is 13.0 Å². The topological polar surface area (TPSA) is 20.3 Å². The molecule has 0 aliphatic heterocycles. The number of rotatable bonds is 4. The molecule has 0 aliphatic rings. The average Bonchev–Trinajstić information content (AvgIpc) is 2.08. The number of carbonyl (C=O) groups excluding carboxylic acids is 1. The summed E-state index contributed by atoms with van der Waals surface area (Å²) in [5, 5.41) is 0. The van der Waals surface area contributed by atoms with E-state index >= 15 is 0 Å². The first-order valence-electron chi connectivity index (χ1n) is 4.30. The number of benzene rings is 1. The van der Waals surface area contributed by atoms with E-state index < -0.39 is 0 Å². The van der Waals surface area contributed by atoms with E-state index in [1.807, 2.05) is 44.6 Å². The number of hydrogen-bond acceptors (Lipinski definition) is 2. The Kier molecular flexibility index (Phi) is 3.65. The van der Waals surface area contributed by atoms with Crippen LogP contribution in [0.2, 0.25) is 0 Å². The Hall–Kier alpha value is -1.15. The zero-order chi connectivity index (χ0) is 9.68. The molecule has 0 amide bonds. The van der Waals surface area contributed by atoms with Crippen LogP contribution in [0.15, 0.2) is 24.3 Å². The molecule has 0 N–H and O–H groups in total. The first-order valence-corrected chi connectivity index (χ1v) is 4.30. The second-order valence-corrected chi connectivity index (χ2v) is 3.33. The molecule has 1 radical (unpaired) electrons. The smallest absolute Gasteiger partial charge is 0.203 e. The minimum atomic E-state index is 0.393. The SMILES string of the molecule is CN(C)Cc1ccccc1C[C]=O. The van der Waals surface area contributed by atoms with Crippen molar-refractivity contribution in [2.24, 2.45) is 0 Å². The highest BCUT2D eigenvalue weighted by Gasteiger charge is 2.01. The quantitative estimate of drug-likeness (QED) is 0.691. The molecule has 1 rings (SSSR count). The van der Waals surface area contributed by atoms with Gasteiger partial charge in [-0.1, -0.05) is 24.3 Å². The summed E-state index contributed by atoms with van der Waals surface area (Å²) >= 11 is 0. The van der Waals surface area contributed by atoms with E-state index in [0.717, 1.165) is 12.1 Å². The second kappa shape index (κ2) is 4.77. The molecule has 0 fully saturated rings. The van der Waals surface area contributed by atoms with Gasteiger partial charge in [0, 0.05) is 13.0 Å². The van der Waals surface area contributed by atoms with Crippen molar-refractivity contribution >= 4 is 6.29 Å². The van der Waals surface area contributed by atoms with Crippen molar-refractivity contribution in [3.8, 4) is 0 Å². The van der Waals surface area contributed by atoms with Gasteiger partial charge >= 0.3 is 0 Å². The van der Waals surface area contributed by atoms with Crippen LogP contribution in [0.1, 0.15) is 11.1 Å². The largest absolute Gasteiger partial charge is 0.305 e. The molecule has 0 aliphatic carbocycles. The van der Waals surface area contributed by atoms with Crippen LogP contribution < -0.4 is 0 Å². The van der Waals surface area contributed by atoms with Gasteiger partial charge in [-0.05, 0) is 25.2 Å². The van der Waals surface area contributed by atoms with Crippen LogP contribution in [0.3, 0.4) is 0 Å². The number of nitrogens with zero attached hydrogens (tertiary/aromatic N) is 1. The Morgan fingerprint density at radius 2 is 1.85 bits per heavy atom. The van der Waals surface area contributed by atoms with Gasteiger partial charge in [0.15, 0.2) is 0 Å². The zero-order valence-electron chi connectivity index (χ0n) is 8.08. The molecule has 0 heterocycles. The summed E-state index contributed by atoms with van der Waals surface area (Å²) in [6.45, 7) is 0.873. The van der Waals surface area contributed by atoms with E-state index in [0.29, 0.717) is 6.42 Å². The van der Waals surface area contributed by atoms with Crippen molar-refractivity contribution in [3.63, 3.8) is 0 Å². The highest BCUT2D eigenvalue weighted by molar-refractivity contribution is 5.56. The maximum absolute atomic E-state index is 10.3. The van der Waals surface area contributed by atoms with Gasteiger partial charge in [0.2, 0.25) is 6.29 Å². The molecule has 2 heteroatoms. The fourth-order valence-corrected chi connectivity index (χ4v) is 1.30. The first-order chi connectivity index (χ1) is 6.24. The lowest BCUT2D eigenvalue weighted by Gasteiger charge is -2.12. The van der Waals surface area contributed by atoms with E-state index in [9.17, 15) is 4.79 Å². The van der Waals surface area contributed by atoms with Gasteiger partial charge in [-0.15, -0.1) is 0 Å². The van der Waals surface area contributed by atoms with E-state index in [2.05, 4.69) is 4.90 Å². The van der Waals surface area contributed by atoms with Crippen LogP contribution in [-0.4, -0.2) is 25.3 Å². The highest BCUT2D eigenvalue weighted by atomic mass is 16.1. The van der Waals surface area contributed by atoms with Gasteiger partial charge in [0.05, 0.1) is 0 Å². The monoisotopic (exact) mass is 176 g/mol. The molecule has 0 saturated heterocycles. The molecule has 1 aromatic rings. The molecule has 2 nitrogen and oxygen atoms in total. The summed E-state index contributed by atoms with van der Waals surface area (Å²) in [7, 11) is 4.03. The van der Waals surface area contributed by atoms with Crippen LogP contribution in [0.25, 0.3) is 0 Å². The average molecular weight is 176 g/mol. The lowest BCUT2D eigenvalue weighted by atomic mass is 10.1. The van der Waals surface area contributed by atoms with Crippen LogP contribution in [0.4, 0.5) is 0 Å². The molecule has 0 saturated carbocycles. The fraction of sp³-hybridized carbons (Fsp3) is 0.364. The summed E-state index contributed by atoms with van der Waals surface area (Å²) in [6, 6.07) is 7.97. The predicted molar refractivity (Wildman–Crippen MR) is 53.2 cm³/mol. The van der Waals surface area contributed by atoms with Crippen molar-refractivity contribution in [1.29, 1.82) is 0 Å². The molecular weight excluding hydrogens is 162 g/mol. The maximum Gasteiger partial charge on any atom is 0.203 e. The molecular formula is C11H14NO. The third-order valence-electron chi connectivity index (χ3n) is 1.87. The van der Waals surface area contributed by atoms with Crippen LogP contribution >= 0.6 is 0 Å². The zero-order valence-corrected chi connectivity index (χ0v) is 8.08. The predicted octanol–water partition coefficient (Wildman–Crippen LogP) is 1.40. The molecule has 1 aromatic carbocycles. The van der Waals surface area contributed by atoms with Crippen molar-refractivity contribution in [1.82, 2.24) is 4.90 Å². The summed E-state index contributed by atoms with van der Waals surface area (Å²) in [5.41, 5.74) is 2.28.